The van der Waals surface area contributed by atoms with Crippen molar-refractivity contribution in [2.45, 2.75) is 45.1 Å². The normalized spacial score (nSPS) is 12.2. The minimum atomic E-state index is -0.0885. The molecule has 0 aliphatic carbocycles. The number of carbonyl (C=O) groups is 1. The van der Waals surface area contributed by atoms with Gasteiger partial charge in [-0.1, -0.05) is 36.2 Å². The van der Waals surface area contributed by atoms with E-state index in [1.807, 2.05) is 13.8 Å². The monoisotopic (exact) mass is 266 g/mol. The zero-order valence-corrected chi connectivity index (χ0v) is 12.5. The van der Waals surface area contributed by atoms with E-state index in [1.165, 1.54) is 16.7 Å². The summed E-state index contributed by atoms with van der Waals surface area (Å²) in [6.45, 7) is 8.53. The highest BCUT2D eigenvalue weighted by atomic mass is 32.2. The summed E-state index contributed by atoms with van der Waals surface area (Å²) in [5, 5.41) is -0.0502. The van der Waals surface area contributed by atoms with E-state index in [0.29, 0.717) is 6.61 Å². The maximum atomic E-state index is 11.7. The van der Waals surface area contributed by atoms with Gasteiger partial charge in [0.1, 0.15) is 5.25 Å². The first-order valence-electron chi connectivity index (χ1n) is 6.42. The standard InChI is InChI=1S/C15H22O2S/c1-5-14(15(16)17-6-2)18-10-13-8-11(3)7-12(4)9-13/h7-9,14H,5-6,10H2,1-4H3. The van der Waals surface area contributed by atoms with Crippen LogP contribution in [0.5, 0.6) is 0 Å². The number of hydrogen-bond donors (Lipinski definition) is 0. The Morgan fingerprint density at radius 2 is 1.83 bits per heavy atom. The van der Waals surface area contributed by atoms with Crippen LogP contribution in [0.15, 0.2) is 18.2 Å². The molecule has 0 saturated carbocycles. The summed E-state index contributed by atoms with van der Waals surface area (Å²) in [4.78, 5) is 11.7. The average molecular weight is 266 g/mol. The maximum absolute atomic E-state index is 11.7. The zero-order valence-electron chi connectivity index (χ0n) is 11.7. The molecule has 18 heavy (non-hydrogen) atoms. The summed E-state index contributed by atoms with van der Waals surface area (Å²) in [6.07, 6.45) is 0.814. The van der Waals surface area contributed by atoms with E-state index < -0.39 is 0 Å². The molecule has 1 rings (SSSR count). The van der Waals surface area contributed by atoms with Gasteiger partial charge in [0, 0.05) is 5.75 Å². The highest BCUT2D eigenvalue weighted by Gasteiger charge is 2.17. The minimum absolute atomic E-state index is 0.0502. The van der Waals surface area contributed by atoms with E-state index in [0.717, 1.165) is 12.2 Å². The molecule has 0 N–H and O–H groups in total. The molecule has 0 bridgehead atoms. The van der Waals surface area contributed by atoms with Crippen LogP contribution >= 0.6 is 11.8 Å². The molecule has 1 atom stereocenters. The van der Waals surface area contributed by atoms with Crippen LogP contribution in [0.1, 0.15) is 37.0 Å². The average Bonchev–Trinajstić information content (AvgIpc) is 2.29. The Morgan fingerprint density at radius 3 is 2.33 bits per heavy atom. The van der Waals surface area contributed by atoms with Gasteiger partial charge in [0.15, 0.2) is 0 Å². The Kier molecular flexibility index (Phi) is 6.27. The zero-order chi connectivity index (χ0) is 13.5. The van der Waals surface area contributed by atoms with Crippen LogP contribution in [0.25, 0.3) is 0 Å². The van der Waals surface area contributed by atoms with Crippen molar-refractivity contribution in [3.63, 3.8) is 0 Å². The Hall–Kier alpha value is -0.960. The second-order valence-electron chi connectivity index (χ2n) is 4.46. The predicted octanol–water partition coefficient (Wildman–Crippen LogP) is 3.88. The summed E-state index contributed by atoms with van der Waals surface area (Å²) >= 11 is 1.67. The number of rotatable bonds is 6. The molecule has 1 aromatic rings. The van der Waals surface area contributed by atoms with Crippen molar-refractivity contribution in [2.24, 2.45) is 0 Å². The molecule has 0 saturated heterocycles. The fourth-order valence-electron chi connectivity index (χ4n) is 1.94. The summed E-state index contributed by atoms with van der Waals surface area (Å²) < 4.78 is 5.07. The number of esters is 1. The van der Waals surface area contributed by atoms with Gasteiger partial charge in [-0.25, -0.2) is 0 Å². The van der Waals surface area contributed by atoms with Gasteiger partial charge in [0.25, 0.3) is 0 Å². The number of carbonyl (C=O) groups excluding carboxylic acids is 1. The largest absolute Gasteiger partial charge is 0.465 e. The Morgan fingerprint density at radius 1 is 1.22 bits per heavy atom. The van der Waals surface area contributed by atoms with Crippen molar-refractivity contribution in [3.05, 3.63) is 34.9 Å². The first-order valence-corrected chi connectivity index (χ1v) is 7.47. The third-order valence-corrected chi connectivity index (χ3v) is 4.08. The third kappa shape index (κ3) is 4.73. The summed E-state index contributed by atoms with van der Waals surface area (Å²) in [5.74, 6) is 0.772. The van der Waals surface area contributed by atoms with Gasteiger partial charge in [0.2, 0.25) is 0 Å². The Balaban J connectivity index is 2.59. The van der Waals surface area contributed by atoms with Crippen LogP contribution in [0.2, 0.25) is 0 Å². The van der Waals surface area contributed by atoms with E-state index in [4.69, 9.17) is 4.74 Å². The van der Waals surface area contributed by atoms with E-state index in [9.17, 15) is 4.79 Å². The molecular formula is C15H22O2S. The van der Waals surface area contributed by atoms with E-state index >= 15 is 0 Å². The molecule has 0 spiro atoms. The van der Waals surface area contributed by atoms with Crippen LogP contribution < -0.4 is 0 Å². The quantitative estimate of drug-likeness (QED) is 0.731. The molecule has 0 aliphatic heterocycles. The van der Waals surface area contributed by atoms with Crippen LogP contribution in [-0.4, -0.2) is 17.8 Å². The van der Waals surface area contributed by atoms with Crippen molar-refractivity contribution in [2.75, 3.05) is 6.61 Å². The smallest absolute Gasteiger partial charge is 0.319 e. The SMILES string of the molecule is CCOC(=O)C(CC)SCc1cc(C)cc(C)c1. The topological polar surface area (TPSA) is 26.3 Å². The molecule has 0 radical (unpaired) electrons. The fourth-order valence-corrected chi connectivity index (χ4v) is 2.94. The third-order valence-electron chi connectivity index (χ3n) is 2.65. The van der Waals surface area contributed by atoms with Gasteiger partial charge < -0.3 is 4.74 Å². The lowest BCUT2D eigenvalue weighted by atomic mass is 10.1. The fraction of sp³-hybridized carbons (Fsp3) is 0.533. The van der Waals surface area contributed by atoms with Gasteiger partial charge >= 0.3 is 5.97 Å². The van der Waals surface area contributed by atoms with Gasteiger partial charge in [-0.15, -0.1) is 11.8 Å². The second kappa shape index (κ2) is 7.47. The van der Waals surface area contributed by atoms with Crippen LogP contribution in [0, 0.1) is 13.8 Å². The Bertz CT molecular complexity index is 381. The molecule has 2 nitrogen and oxygen atoms in total. The van der Waals surface area contributed by atoms with Crippen molar-refractivity contribution in [3.8, 4) is 0 Å². The van der Waals surface area contributed by atoms with Crippen molar-refractivity contribution in [1.82, 2.24) is 0 Å². The first-order chi connectivity index (χ1) is 8.56. The molecule has 1 unspecified atom stereocenters. The predicted molar refractivity (Wildman–Crippen MR) is 77.9 cm³/mol. The number of thioether (sulfide) groups is 1. The summed E-state index contributed by atoms with van der Waals surface area (Å²) in [7, 11) is 0. The van der Waals surface area contributed by atoms with Gasteiger partial charge in [-0.2, -0.15) is 0 Å². The summed E-state index contributed by atoms with van der Waals surface area (Å²) in [5.41, 5.74) is 3.82. The maximum Gasteiger partial charge on any atom is 0.319 e. The molecule has 0 fully saturated rings. The molecule has 0 aromatic heterocycles. The molecule has 1 aromatic carbocycles. The lowest BCUT2D eigenvalue weighted by molar-refractivity contribution is -0.142. The number of benzene rings is 1. The van der Waals surface area contributed by atoms with E-state index in [-0.39, 0.29) is 11.2 Å². The van der Waals surface area contributed by atoms with Gasteiger partial charge in [-0.3, -0.25) is 4.79 Å². The van der Waals surface area contributed by atoms with Crippen LogP contribution in [-0.2, 0) is 15.3 Å². The van der Waals surface area contributed by atoms with Crippen molar-refractivity contribution < 1.29 is 9.53 Å². The van der Waals surface area contributed by atoms with Crippen LogP contribution in [0.4, 0.5) is 0 Å². The van der Waals surface area contributed by atoms with Crippen LogP contribution in [0.3, 0.4) is 0 Å². The number of hydrogen-bond acceptors (Lipinski definition) is 3. The molecule has 100 valence electrons. The lowest BCUT2D eigenvalue weighted by Gasteiger charge is -2.13. The van der Waals surface area contributed by atoms with Crippen molar-refractivity contribution in [1.29, 1.82) is 0 Å². The highest BCUT2D eigenvalue weighted by Crippen LogP contribution is 2.22. The minimum Gasteiger partial charge on any atom is -0.465 e. The van der Waals surface area contributed by atoms with Gasteiger partial charge in [-0.05, 0) is 32.8 Å². The molecular weight excluding hydrogens is 244 g/mol. The summed E-state index contributed by atoms with van der Waals surface area (Å²) in [6, 6.07) is 6.52. The second-order valence-corrected chi connectivity index (χ2v) is 5.65. The molecule has 0 amide bonds. The number of aryl methyl sites for hydroxylation is 2. The highest BCUT2D eigenvalue weighted by molar-refractivity contribution is 7.99. The molecule has 0 heterocycles. The van der Waals surface area contributed by atoms with Gasteiger partial charge in [0.05, 0.1) is 6.61 Å². The first kappa shape index (κ1) is 15.1. The van der Waals surface area contributed by atoms with E-state index in [2.05, 4.69) is 32.0 Å². The number of ether oxygens (including phenoxy) is 1. The van der Waals surface area contributed by atoms with E-state index in [1.54, 1.807) is 11.8 Å². The Labute approximate surface area is 114 Å². The lowest BCUT2D eigenvalue weighted by Crippen LogP contribution is -2.19. The van der Waals surface area contributed by atoms with Crippen molar-refractivity contribution >= 4 is 17.7 Å². The molecule has 0 aliphatic rings. The molecule has 3 heteroatoms.